The molecule has 1 rings (SSSR count). The lowest BCUT2D eigenvalue weighted by Crippen LogP contribution is -2.43. The van der Waals surface area contributed by atoms with Crippen LogP contribution in [0.4, 0.5) is 5.69 Å². The van der Waals surface area contributed by atoms with Crippen LogP contribution in [0.3, 0.4) is 0 Å². The summed E-state index contributed by atoms with van der Waals surface area (Å²) in [6, 6.07) is 7.78. The first-order valence-corrected chi connectivity index (χ1v) is 6.05. The average Bonchev–Trinajstić information content (AvgIpc) is 2.30. The molecule has 1 aromatic rings. The van der Waals surface area contributed by atoms with E-state index in [0.717, 1.165) is 17.7 Å². The first kappa shape index (κ1) is 13.7. The second-order valence-corrected chi connectivity index (χ2v) is 4.95. The second-order valence-electron chi connectivity index (χ2n) is 4.95. The number of hydrogen-bond acceptors (Lipinski definition) is 2. The molecule has 0 atom stereocenters. The Bertz CT molecular complexity index is 386. The van der Waals surface area contributed by atoms with Crippen LogP contribution in [0.15, 0.2) is 24.3 Å². The Balaban J connectivity index is 2.48. The van der Waals surface area contributed by atoms with Crippen molar-refractivity contribution < 1.29 is 4.79 Å². The molecule has 1 amide bonds. The van der Waals surface area contributed by atoms with E-state index in [1.54, 1.807) is 0 Å². The molecule has 0 aromatic heterocycles. The molecule has 0 fully saturated rings. The molecule has 3 heteroatoms. The van der Waals surface area contributed by atoms with Gasteiger partial charge in [-0.15, -0.1) is 0 Å². The van der Waals surface area contributed by atoms with Crippen LogP contribution in [0.2, 0.25) is 0 Å². The summed E-state index contributed by atoms with van der Waals surface area (Å²) in [7, 11) is 0. The van der Waals surface area contributed by atoms with Gasteiger partial charge in [0.25, 0.3) is 0 Å². The number of anilines is 1. The summed E-state index contributed by atoms with van der Waals surface area (Å²) in [5.74, 6) is 0.000764. The van der Waals surface area contributed by atoms with Crippen LogP contribution in [-0.2, 0) is 4.79 Å². The fourth-order valence-corrected chi connectivity index (χ4v) is 1.35. The van der Waals surface area contributed by atoms with Gasteiger partial charge in [0.15, 0.2) is 0 Å². The summed E-state index contributed by atoms with van der Waals surface area (Å²) in [6.07, 6.45) is 0.991. The minimum atomic E-state index is 0.000764. The van der Waals surface area contributed by atoms with Gasteiger partial charge < -0.3 is 10.6 Å². The SMILES string of the molecule is CCC(C)(C)NCC(=O)Nc1ccccc1C. The maximum Gasteiger partial charge on any atom is 0.238 e. The molecule has 0 bridgehead atoms. The number of amides is 1. The molecule has 0 saturated heterocycles. The van der Waals surface area contributed by atoms with E-state index in [1.165, 1.54) is 0 Å². The molecular formula is C14H22N2O. The van der Waals surface area contributed by atoms with Gasteiger partial charge in [-0.05, 0) is 38.8 Å². The van der Waals surface area contributed by atoms with Gasteiger partial charge in [0.1, 0.15) is 0 Å². The highest BCUT2D eigenvalue weighted by Gasteiger charge is 2.15. The van der Waals surface area contributed by atoms with E-state index in [1.807, 2.05) is 31.2 Å². The Morgan fingerprint density at radius 2 is 1.94 bits per heavy atom. The van der Waals surface area contributed by atoms with Crippen molar-refractivity contribution in [2.45, 2.75) is 39.7 Å². The molecule has 0 aliphatic rings. The van der Waals surface area contributed by atoms with E-state index in [0.29, 0.717) is 6.54 Å². The van der Waals surface area contributed by atoms with Gasteiger partial charge in [0, 0.05) is 11.2 Å². The predicted octanol–water partition coefficient (Wildman–Crippen LogP) is 2.71. The Labute approximate surface area is 104 Å². The van der Waals surface area contributed by atoms with Crippen LogP contribution in [-0.4, -0.2) is 18.0 Å². The fraction of sp³-hybridized carbons (Fsp3) is 0.500. The molecular weight excluding hydrogens is 212 g/mol. The summed E-state index contributed by atoms with van der Waals surface area (Å²) in [5, 5.41) is 6.14. The lowest BCUT2D eigenvalue weighted by atomic mass is 10.0. The Morgan fingerprint density at radius 1 is 1.29 bits per heavy atom. The van der Waals surface area contributed by atoms with Gasteiger partial charge in [0.05, 0.1) is 6.54 Å². The number of para-hydroxylation sites is 1. The van der Waals surface area contributed by atoms with Gasteiger partial charge in [-0.3, -0.25) is 4.79 Å². The van der Waals surface area contributed by atoms with Crippen LogP contribution in [0.1, 0.15) is 32.8 Å². The molecule has 94 valence electrons. The first-order chi connectivity index (χ1) is 7.94. The minimum Gasteiger partial charge on any atom is -0.325 e. The van der Waals surface area contributed by atoms with Crippen LogP contribution in [0.25, 0.3) is 0 Å². The number of nitrogens with one attached hydrogen (secondary N) is 2. The molecule has 0 aliphatic carbocycles. The third-order valence-electron chi connectivity index (χ3n) is 3.03. The van der Waals surface area contributed by atoms with Gasteiger partial charge in [-0.2, -0.15) is 0 Å². The minimum absolute atomic E-state index is 0.000764. The Kier molecular flexibility index (Phi) is 4.70. The van der Waals surface area contributed by atoms with Crippen molar-refractivity contribution in [3.05, 3.63) is 29.8 Å². The smallest absolute Gasteiger partial charge is 0.238 e. The summed E-state index contributed by atoms with van der Waals surface area (Å²) in [4.78, 5) is 11.8. The molecule has 3 nitrogen and oxygen atoms in total. The summed E-state index contributed by atoms with van der Waals surface area (Å²) >= 11 is 0. The molecule has 0 unspecified atom stereocenters. The molecule has 0 radical (unpaired) electrons. The van der Waals surface area contributed by atoms with Crippen molar-refractivity contribution in [1.82, 2.24) is 5.32 Å². The van der Waals surface area contributed by atoms with Crippen LogP contribution in [0.5, 0.6) is 0 Å². The molecule has 0 spiro atoms. The zero-order valence-electron chi connectivity index (χ0n) is 11.1. The molecule has 1 aromatic carbocycles. The highest BCUT2D eigenvalue weighted by Crippen LogP contribution is 2.13. The largest absolute Gasteiger partial charge is 0.325 e. The first-order valence-electron chi connectivity index (χ1n) is 6.05. The van der Waals surface area contributed by atoms with Crippen molar-refractivity contribution in [3.8, 4) is 0 Å². The Hall–Kier alpha value is -1.35. The zero-order valence-corrected chi connectivity index (χ0v) is 11.1. The van der Waals surface area contributed by atoms with Crippen molar-refractivity contribution >= 4 is 11.6 Å². The van der Waals surface area contributed by atoms with E-state index in [4.69, 9.17) is 0 Å². The standard InChI is InChI=1S/C14H22N2O/c1-5-14(3,4)15-10-13(17)16-12-9-7-6-8-11(12)2/h6-9,15H,5,10H2,1-4H3,(H,16,17). The molecule has 17 heavy (non-hydrogen) atoms. The van der Waals surface area contributed by atoms with Gasteiger partial charge in [-0.1, -0.05) is 25.1 Å². The normalized spacial score (nSPS) is 11.3. The molecule has 0 aliphatic heterocycles. The summed E-state index contributed by atoms with van der Waals surface area (Å²) < 4.78 is 0. The van der Waals surface area contributed by atoms with Crippen LogP contribution < -0.4 is 10.6 Å². The van der Waals surface area contributed by atoms with Crippen molar-refractivity contribution in [2.75, 3.05) is 11.9 Å². The van der Waals surface area contributed by atoms with Crippen LogP contribution in [0, 0.1) is 6.92 Å². The molecule has 0 saturated carbocycles. The summed E-state index contributed by atoms with van der Waals surface area (Å²) in [6.45, 7) is 8.61. The fourth-order valence-electron chi connectivity index (χ4n) is 1.35. The lowest BCUT2D eigenvalue weighted by molar-refractivity contribution is -0.115. The number of carbonyl (C=O) groups excluding carboxylic acids is 1. The number of benzene rings is 1. The average molecular weight is 234 g/mol. The van der Waals surface area contributed by atoms with E-state index in [2.05, 4.69) is 31.4 Å². The van der Waals surface area contributed by atoms with Gasteiger partial charge >= 0.3 is 0 Å². The third-order valence-corrected chi connectivity index (χ3v) is 3.03. The van der Waals surface area contributed by atoms with Crippen LogP contribution >= 0.6 is 0 Å². The number of rotatable bonds is 5. The van der Waals surface area contributed by atoms with Crippen molar-refractivity contribution in [3.63, 3.8) is 0 Å². The van der Waals surface area contributed by atoms with E-state index in [-0.39, 0.29) is 11.4 Å². The van der Waals surface area contributed by atoms with E-state index in [9.17, 15) is 4.79 Å². The van der Waals surface area contributed by atoms with Gasteiger partial charge in [-0.25, -0.2) is 0 Å². The monoisotopic (exact) mass is 234 g/mol. The quantitative estimate of drug-likeness (QED) is 0.822. The zero-order chi connectivity index (χ0) is 12.9. The Morgan fingerprint density at radius 3 is 2.53 bits per heavy atom. The maximum absolute atomic E-state index is 11.8. The van der Waals surface area contributed by atoms with Gasteiger partial charge in [0.2, 0.25) is 5.91 Å². The van der Waals surface area contributed by atoms with E-state index < -0.39 is 0 Å². The number of carbonyl (C=O) groups is 1. The highest BCUT2D eigenvalue weighted by atomic mass is 16.1. The highest BCUT2D eigenvalue weighted by molar-refractivity contribution is 5.92. The van der Waals surface area contributed by atoms with Crippen molar-refractivity contribution in [2.24, 2.45) is 0 Å². The van der Waals surface area contributed by atoms with Crippen molar-refractivity contribution in [1.29, 1.82) is 0 Å². The molecule has 0 heterocycles. The second kappa shape index (κ2) is 5.82. The number of aryl methyl sites for hydroxylation is 1. The topological polar surface area (TPSA) is 41.1 Å². The van der Waals surface area contributed by atoms with E-state index >= 15 is 0 Å². The lowest BCUT2D eigenvalue weighted by Gasteiger charge is -2.24. The number of hydrogen-bond donors (Lipinski definition) is 2. The third kappa shape index (κ3) is 4.57. The summed E-state index contributed by atoms with van der Waals surface area (Å²) in [5.41, 5.74) is 1.97. The molecule has 2 N–H and O–H groups in total. The maximum atomic E-state index is 11.8. The predicted molar refractivity (Wildman–Crippen MR) is 72.2 cm³/mol.